The van der Waals surface area contributed by atoms with E-state index < -0.39 is 11.7 Å². The highest BCUT2D eigenvalue weighted by Crippen LogP contribution is 2.38. The molecule has 1 saturated heterocycles. The van der Waals surface area contributed by atoms with Gasteiger partial charge < -0.3 is 14.6 Å². The molecule has 5 heterocycles. The molecule has 10 nitrogen and oxygen atoms in total. The van der Waals surface area contributed by atoms with E-state index in [1.165, 1.54) is 51.4 Å². The van der Waals surface area contributed by atoms with Crippen molar-refractivity contribution in [1.82, 2.24) is 34.6 Å². The molecular formula is C33H31N7O3. The van der Waals surface area contributed by atoms with Gasteiger partial charge in [-0.3, -0.25) is 14.6 Å². The van der Waals surface area contributed by atoms with Gasteiger partial charge in [0.1, 0.15) is 17.9 Å². The Hall–Kier alpha value is -5.12. The van der Waals surface area contributed by atoms with Gasteiger partial charge in [-0.25, -0.2) is 14.6 Å². The number of hydrogen-bond donors (Lipinski definition) is 1. The monoisotopic (exact) mass is 573 g/mol. The average molecular weight is 574 g/mol. The fourth-order valence-corrected chi connectivity index (χ4v) is 6.34. The average Bonchev–Trinajstić information content (AvgIpc) is 3.63. The molecule has 0 saturated carbocycles. The summed E-state index contributed by atoms with van der Waals surface area (Å²) >= 11 is 0. The van der Waals surface area contributed by atoms with Crippen molar-refractivity contribution in [3.8, 4) is 11.6 Å². The number of pyridine rings is 2. The van der Waals surface area contributed by atoms with Crippen molar-refractivity contribution < 1.29 is 14.3 Å². The second-order valence-corrected chi connectivity index (χ2v) is 11.1. The lowest BCUT2D eigenvalue weighted by Gasteiger charge is -2.30. The zero-order chi connectivity index (χ0) is 29.7. The molecular weight excluding hydrogens is 542 g/mol. The number of H-pyrrole nitrogens is 1. The Balaban J connectivity index is 1.19. The van der Waals surface area contributed by atoms with Crippen LogP contribution in [0.3, 0.4) is 0 Å². The number of benzene rings is 1. The van der Waals surface area contributed by atoms with Gasteiger partial charge in [0.2, 0.25) is 0 Å². The number of aryl methyl sites for hydroxylation is 4. The van der Waals surface area contributed by atoms with Crippen LogP contribution in [0.2, 0.25) is 0 Å². The number of aromatic nitrogens is 6. The number of carbonyl (C=O) groups is 2. The number of aromatic amines is 1. The maximum atomic E-state index is 13.7. The molecule has 43 heavy (non-hydrogen) atoms. The standard InChI is InChI=1S/C33H31N7O3/c1-19-6-9-24-23(15-19)8-7-22-5-4-12-34-29(22)27(24)21-10-13-39(14-11-21)33(42)31(41)25-16-35-30-28(25)26(43-3)17-36-32(30)40-18-37-20(2)38-40/h4-6,9,12,15-18,35H,7-8,10-11,13-14H2,1-3H3. The first-order valence-corrected chi connectivity index (χ1v) is 14.5. The van der Waals surface area contributed by atoms with Crippen LogP contribution in [-0.2, 0) is 17.6 Å². The van der Waals surface area contributed by atoms with Gasteiger partial charge >= 0.3 is 0 Å². The van der Waals surface area contributed by atoms with E-state index in [1.54, 1.807) is 24.3 Å². The summed E-state index contributed by atoms with van der Waals surface area (Å²) in [6.07, 6.45) is 9.75. The number of ketones is 1. The topological polar surface area (TPSA) is 119 Å². The number of Topliss-reactive ketones (excluding diaryl/α,β-unsaturated/α-hetero) is 1. The summed E-state index contributed by atoms with van der Waals surface area (Å²) in [5, 5.41) is 4.84. The van der Waals surface area contributed by atoms with E-state index in [9.17, 15) is 9.59 Å². The third-order valence-corrected chi connectivity index (χ3v) is 8.47. The molecule has 0 radical (unpaired) electrons. The molecule has 1 aliphatic carbocycles. The SMILES string of the molecule is COc1cnc(-n2cnc(C)n2)c2[nH]cc(C(=O)C(=O)N3CCC(=C4c5ccc(C)cc5CCc5cccnc54)CC3)c12. The van der Waals surface area contributed by atoms with E-state index >= 15 is 0 Å². The van der Waals surface area contributed by atoms with Gasteiger partial charge in [-0.2, -0.15) is 5.10 Å². The predicted octanol–water partition coefficient (Wildman–Crippen LogP) is 4.57. The van der Waals surface area contributed by atoms with E-state index in [-0.39, 0.29) is 5.56 Å². The van der Waals surface area contributed by atoms with Crippen molar-refractivity contribution in [3.05, 3.63) is 100 Å². The number of hydrogen-bond acceptors (Lipinski definition) is 7. The number of amides is 1. The summed E-state index contributed by atoms with van der Waals surface area (Å²) in [5.74, 6) is 0.328. The van der Waals surface area contributed by atoms with Crippen LogP contribution in [-0.4, -0.2) is 66.5 Å². The minimum absolute atomic E-state index is 0.243. The number of nitrogens with zero attached hydrogens (tertiary/aromatic N) is 6. The molecule has 0 spiro atoms. The predicted molar refractivity (Wildman–Crippen MR) is 161 cm³/mol. The lowest BCUT2D eigenvalue weighted by Crippen LogP contribution is -2.40. The largest absolute Gasteiger partial charge is 0.494 e. The van der Waals surface area contributed by atoms with E-state index in [4.69, 9.17) is 9.72 Å². The van der Waals surface area contributed by atoms with Crippen LogP contribution in [0.4, 0.5) is 0 Å². The van der Waals surface area contributed by atoms with Crippen molar-refractivity contribution in [2.24, 2.45) is 0 Å². The Labute approximate surface area is 248 Å². The van der Waals surface area contributed by atoms with Crippen LogP contribution in [0.1, 0.15) is 57.0 Å². The van der Waals surface area contributed by atoms with E-state index in [0.29, 0.717) is 54.2 Å². The van der Waals surface area contributed by atoms with Gasteiger partial charge in [-0.05, 0) is 62.3 Å². The normalized spacial score (nSPS) is 14.8. The lowest BCUT2D eigenvalue weighted by atomic mass is 9.88. The molecule has 1 N–H and O–H groups in total. The highest BCUT2D eigenvalue weighted by atomic mass is 16.5. The number of piperidine rings is 1. The van der Waals surface area contributed by atoms with Crippen LogP contribution in [0.25, 0.3) is 22.3 Å². The third kappa shape index (κ3) is 4.59. The molecule has 7 rings (SSSR count). The first-order chi connectivity index (χ1) is 20.9. The van der Waals surface area contributed by atoms with Gasteiger partial charge in [0.05, 0.1) is 35.5 Å². The molecule has 10 heteroatoms. The van der Waals surface area contributed by atoms with Crippen LogP contribution in [0.5, 0.6) is 5.75 Å². The molecule has 2 aliphatic rings. The number of carbonyl (C=O) groups excluding carboxylic acids is 2. The second kappa shape index (κ2) is 10.6. The van der Waals surface area contributed by atoms with E-state index in [0.717, 1.165) is 18.5 Å². The lowest BCUT2D eigenvalue weighted by molar-refractivity contribution is -0.126. The Kier molecular flexibility index (Phi) is 6.61. The first kappa shape index (κ1) is 26.8. The number of nitrogens with one attached hydrogen (secondary N) is 1. The van der Waals surface area contributed by atoms with Crippen molar-refractivity contribution in [2.45, 2.75) is 39.5 Å². The van der Waals surface area contributed by atoms with Gasteiger partial charge in [-0.1, -0.05) is 35.4 Å². The van der Waals surface area contributed by atoms with Gasteiger partial charge in [0.25, 0.3) is 11.7 Å². The molecule has 0 bridgehead atoms. The Morgan fingerprint density at radius 2 is 1.79 bits per heavy atom. The fourth-order valence-electron chi connectivity index (χ4n) is 6.34. The molecule has 4 aromatic heterocycles. The quantitative estimate of drug-likeness (QED) is 0.247. The first-order valence-electron chi connectivity index (χ1n) is 14.5. The van der Waals surface area contributed by atoms with Gasteiger partial charge in [-0.15, -0.1) is 0 Å². The maximum Gasteiger partial charge on any atom is 0.295 e. The van der Waals surface area contributed by atoms with Crippen LogP contribution in [0, 0.1) is 13.8 Å². The van der Waals surface area contributed by atoms with Crippen molar-refractivity contribution >= 4 is 28.2 Å². The Morgan fingerprint density at radius 3 is 2.56 bits per heavy atom. The molecule has 1 fully saturated rings. The number of ether oxygens (including phenoxy) is 1. The molecule has 1 aliphatic heterocycles. The van der Waals surface area contributed by atoms with Crippen LogP contribution < -0.4 is 4.74 Å². The van der Waals surface area contributed by atoms with Crippen molar-refractivity contribution in [1.29, 1.82) is 0 Å². The smallest absolute Gasteiger partial charge is 0.295 e. The number of likely N-dealkylation sites (tertiary alicyclic amines) is 1. The molecule has 1 amide bonds. The van der Waals surface area contributed by atoms with Crippen molar-refractivity contribution in [2.75, 3.05) is 20.2 Å². The molecule has 5 aromatic rings. The summed E-state index contributed by atoms with van der Waals surface area (Å²) in [5.41, 5.74) is 9.33. The highest BCUT2D eigenvalue weighted by Gasteiger charge is 2.31. The Bertz CT molecular complexity index is 1940. The minimum Gasteiger partial charge on any atom is -0.494 e. The van der Waals surface area contributed by atoms with E-state index in [2.05, 4.69) is 51.2 Å². The third-order valence-electron chi connectivity index (χ3n) is 8.47. The minimum atomic E-state index is -0.588. The molecule has 1 aromatic carbocycles. The summed E-state index contributed by atoms with van der Waals surface area (Å²) in [4.78, 5) is 45.5. The summed E-state index contributed by atoms with van der Waals surface area (Å²) in [6.45, 7) is 4.82. The number of rotatable bonds is 4. The Morgan fingerprint density at radius 1 is 0.977 bits per heavy atom. The van der Waals surface area contributed by atoms with Gasteiger partial charge in [0, 0.05) is 31.1 Å². The van der Waals surface area contributed by atoms with Crippen LogP contribution >= 0.6 is 0 Å². The maximum absolute atomic E-state index is 13.7. The zero-order valence-corrected chi connectivity index (χ0v) is 24.3. The number of methoxy groups -OCH3 is 1. The fraction of sp³-hybridized carbons (Fsp3) is 0.273. The van der Waals surface area contributed by atoms with Crippen LogP contribution in [0.15, 0.2) is 60.8 Å². The molecule has 0 atom stereocenters. The molecule has 216 valence electrons. The van der Waals surface area contributed by atoms with E-state index in [1.807, 2.05) is 12.3 Å². The van der Waals surface area contributed by atoms with Gasteiger partial charge in [0.15, 0.2) is 5.82 Å². The second-order valence-electron chi connectivity index (χ2n) is 11.1. The number of fused-ring (bicyclic) bond motifs is 3. The highest BCUT2D eigenvalue weighted by molar-refractivity contribution is 6.45. The molecule has 0 unspecified atom stereocenters. The summed E-state index contributed by atoms with van der Waals surface area (Å²) in [7, 11) is 1.51. The summed E-state index contributed by atoms with van der Waals surface area (Å²) in [6, 6.07) is 10.8. The summed E-state index contributed by atoms with van der Waals surface area (Å²) < 4.78 is 7.07. The zero-order valence-electron chi connectivity index (χ0n) is 24.3. The van der Waals surface area contributed by atoms with Crippen molar-refractivity contribution in [3.63, 3.8) is 0 Å².